The van der Waals surface area contributed by atoms with Crippen molar-refractivity contribution in [1.82, 2.24) is 0 Å². The first-order valence-corrected chi connectivity index (χ1v) is 6.68. The zero-order chi connectivity index (χ0) is 14.2. The predicted octanol–water partition coefficient (Wildman–Crippen LogP) is 4.39. The molecule has 2 N–H and O–H groups in total. The van der Waals surface area contributed by atoms with Gasteiger partial charge in [0.15, 0.2) is 11.6 Å². The van der Waals surface area contributed by atoms with E-state index in [4.69, 9.17) is 5.73 Å². The fourth-order valence-electron chi connectivity index (χ4n) is 2.06. The minimum Gasteiger partial charge on any atom is -0.320 e. The Bertz CT molecular complexity index is 626. The molecule has 2 rings (SSSR count). The Kier molecular flexibility index (Phi) is 4.02. The highest BCUT2D eigenvalue weighted by Gasteiger charge is 2.19. The molecule has 0 aliphatic heterocycles. The van der Waals surface area contributed by atoms with Gasteiger partial charge in [-0.15, -0.1) is 0 Å². The smallest absolute Gasteiger partial charge is 0.173 e. The molecule has 4 heteroatoms. The van der Waals surface area contributed by atoms with Gasteiger partial charge in [0, 0.05) is 0 Å². The molecule has 2 aromatic rings. The summed E-state index contributed by atoms with van der Waals surface area (Å²) in [5.41, 5.74) is 9.81. The molecule has 0 aliphatic carbocycles. The van der Waals surface area contributed by atoms with Crippen LogP contribution in [0.3, 0.4) is 0 Å². The van der Waals surface area contributed by atoms with Crippen LogP contribution in [0.25, 0.3) is 0 Å². The van der Waals surface area contributed by atoms with E-state index in [0.29, 0.717) is 5.56 Å². The number of hydrogen-bond acceptors (Lipinski definition) is 1. The second-order valence-corrected chi connectivity index (χ2v) is 5.32. The van der Waals surface area contributed by atoms with Gasteiger partial charge in [-0.1, -0.05) is 24.3 Å². The number of nitrogens with two attached hydrogens (primary N) is 1. The van der Waals surface area contributed by atoms with Gasteiger partial charge < -0.3 is 5.73 Å². The molecule has 19 heavy (non-hydrogen) atoms. The normalized spacial score (nSPS) is 12.5. The van der Waals surface area contributed by atoms with E-state index in [-0.39, 0.29) is 4.47 Å². The standard InChI is InChI=1S/C15H14BrF2N/c1-8-4-3-5-10(9(8)2)15(19)11-6-7-12(17)14(18)13(11)16/h3-7,15H,19H2,1-2H3. The lowest BCUT2D eigenvalue weighted by Crippen LogP contribution is -2.15. The minimum atomic E-state index is -0.904. The van der Waals surface area contributed by atoms with Crippen LogP contribution in [0.15, 0.2) is 34.8 Å². The monoisotopic (exact) mass is 325 g/mol. The van der Waals surface area contributed by atoms with Crippen LogP contribution in [0.5, 0.6) is 0 Å². The number of hydrogen-bond donors (Lipinski definition) is 1. The van der Waals surface area contributed by atoms with E-state index in [1.54, 1.807) is 0 Å². The van der Waals surface area contributed by atoms with Crippen LogP contribution in [0.4, 0.5) is 8.78 Å². The Hall–Kier alpha value is -1.26. The number of aryl methyl sites for hydroxylation is 1. The molecule has 0 spiro atoms. The Morgan fingerprint density at radius 3 is 2.42 bits per heavy atom. The van der Waals surface area contributed by atoms with Crippen molar-refractivity contribution >= 4 is 15.9 Å². The highest BCUT2D eigenvalue weighted by Crippen LogP contribution is 2.32. The molecule has 0 radical (unpaired) electrons. The van der Waals surface area contributed by atoms with Gasteiger partial charge in [0.2, 0.25) is 0 Å². The maximum absolute atomic E-state index is 13.6. The predicted molar refractivity (Wildman–Crippen MR) is 76.0 cm³/mol. The lowest BCUT2D eigenvalue weighted by atomic mass is 9.93. The van der Waals surface area contributed by atoms with Gasteiger partial charge in [0.05, 0.1) is 10.5 Å². The van der Waals surface area contributed by atoms with E-state index in [2.05, 4.69) is 15.9 Å². The second kappa shape index (κ2) is 5.39. The van der Waals surface area contributed by atoms with E-state index in [1.807, 2.05) is 32.0 Å². The first-order valence-electron chi connectivity index (χ1n) is 5.88. The molecular weight excluding hydrogens is 312 g/mol. The molecule has 0 saturated carbocycles. The third kappa shape index (κ3) is 2.55. The summed E-state index contributed by atoms with van der Waals surface area (Å²) in [4.78, 5) is 0. The molecule has 0 saturated heterocycles. The van der Waals surface area contributed by atoms with Gasteiger partial charge in [-0.05, 0) is 58.1 Å². The molecule has 100 valence electrons. The fourth-order valence-corrected chi connectivity index (χ4v) is 2.63. The van der Waals surface area contributed by atoms with Crippen LogP contribution < -0.4 is 5.73 Å². The first-order chi connectivity index (χ1) is 8.93. The summed E-state index contributed by atoms with van der Waals surface area (Å²) in [7, 11) is 0. The van der Waals surface area contributed by atoms with Crippen molar-refractivity contribution in [1.29, 1.82) is 0 Å². The average molecular weight is 326 g/mol. The molecule has 0 amide bonds. The van der Waals surface area contributed by atoms with Crippen LogP contribution in [0.1, 0.15) is 28.3 Å². The maximum Gasteiger partial charge on any atom is 0.173 e. The van der Waals surface area contributed by atoms with Gasteiger partial charge >= 0.3 is 0 Å². The second-order valence-electron chi connectivity index (χ2n) is 4.53. The molecule has 1 nitrogen and oxygen atoms in total. The quantitative estimate of drug-likeness (QED) is 0.814. The molecule has 2 aromatic carbocycles. The minimum absolute atomic E-state index is 0.0842. The van der Waals surface area contributed by atoms with Crippen molar-refractivity contribution in [2.45, 2.75) is 19.9 Å². The summed E-state index contributed by atoms with van der Waals surface area (Å²) in [6.07, 6.45) is 0. The SMILES string of the molecule is Cc1cccc(C(N)c2ccc(F)c(F)c2Br)c1C. The Morgan fingerprint density at radius 1 is 1.05 bits per heavy atom. The molecule has 1 atom stereocenters. The van der Waals surface area contributed by atoms with Crippen LogP contribution in [-0.4, -0.2) is 0 Å². The molecule has 0 fully saturated rings. The lowest BCUT2D eigenvalue weighted by Gasteiger charge is -2.18. The lowest BCUT2D eigenvalue weighted by molar-refractivity contribution is 0.501. The summed E-state index contributed by atoms with van der Waals surface area (Å²) < 4.78 is 26.8. The van der Waals surface area contributed by atoms with Gasteiger partial charge in [-0.2, -0.15) is 0 Å². The summed E-state index contributed by atoms with van der Waals surface area (Å²) in [6.45, 7) is 3.96. The number of rotatable bonds is 2. The van der Waals surface area contributed by atoms with Crippen LogP contribution in [0.2, 0.25) is 0 Å². The van der Waals surface area contributed by atoms with Crippen LogP contribution >= 0.6 is 15.9 Å². The Balaban J connectivity index is 2.53. The Labute approximate surface area is 119 Å². The summed E-state index contributed by atoms with van der Waals surface area (Å²) in [5, 5.41) is 0. The third-order valence-electron chi connectivity index (χ3n) is 3.38. The molecule has 0 bridgehead atoms. The highest BCUT2D eigenvalue weighted by atomic mass is 79.9. The summed E-state index contributed by atoms with van der Waals surface area (Å²) in [5.74, 6) is -1.79. The summed E-state index contributed by atoms with van der Waals surface area (Å²) >= 11 is 3.08. The van der Waals surface area contributed by atoms with Crippen molar-refractivity contribution in [3.05, 3.63) is 68.7 Å². The fraction of sp³-hybridized carbons (Fsp3) is 0.200. The van der Waals surface area contributed by atoms with Crippen molar-refractivity contribution in [2.75, 3.05) is 0 Å². The first kappa shape index (κ1) is 14.2. The largest absolute Gasteiger partial charge is 0.320 e. The van der Waals surface area contributed by atoms with Gasteiger partial charge in [-0.3, -0.25) is 0 Å². The topological polar surface area (TPSA) is 26.0 Å². The molecule has 0 aliphatic rings. The number of halogens is 3. The Morgan fingerprint density at radius 2 is 1.74 bits per heavy atom. The maximum atomic E-state index is 13.6. The van der Waals surface area contributed by atoms with Crippen molar-refractivity contribution in [2.24, 2.45) is 5.73 Å². The van der Waals surface area contributed by atoms with Gasteiger partial charge in [-0.25, -0.2) is 8.78 Å². The van der Waals surface area contributed by atoms with Crippen molar-refractivity contribution in [3.63, 3.8) is 0 Å². The van der Waals surface area contributed by atoms with E-state index in [1.165, 1.54) is 6.07 Å². The van der Waals surface area contributed by atoms with E-state index >= 15 is 0 Å². The van der Waals surface area contributed by atoms with E-state index in [0.717, 1.165) is 22.8 Å². The van der Waals surface area contributed by atoms with E-state index in [9.17, 15) is 8.78 Å². The van der Waals surface area contributed by atoms with Gasteiger partial charge in [0.1, 0.15) is 0 Å². The molecule has 1 unspecified atom stereocenters. The average Bonchev–Trinajstić information content (AvgIpc) is 2.39. The van der Waals surface area contributed by atoms with E-state index < -0.39 is 17.7 Å². The van der Waals surface area contributed by atoms with Crippen LogP contribution in [-0.2, 0) is 0 Å². The molecular formula is C15H14BrF2N. The van der Waals surface area contributed by atoms with Crippen molar-refractivity contribution in [3.8, 4) is 0 Å². The molecule has 0 aromatic heterocycles. The number of benzene rings is 2. The van der Waals surface area contributed by atoms with Crippen molar-refractivity contribution < 1.29 is 8.78 Å². The van der Waals surface area contributed by atoms with Gasteiger partial charge in [0.25, 0.3) is 0 Å². The van der Waals surface area contributed by atoms with Crippen LogP contribution in [0, 0.1) is 25.5 Å². The zero-order valence-electron chi connectivity index (χ0n) is 10.7. The zero-order valence-corrected chi connectivity index (χ0v) is 12.3. The summed E-state index contributed by atoms with van der Waals surface area (Å²) in [6, 6.07) is 7.91. The molecule has 0 heterocycles. The third-order valence-corrected chi connectivity index (χ3v) is 4.19. The highest BCUT2D eigenvalue weighted by molar-refractivity contribution is 9.10.